The van der Waals surface area contributed by atoms with Gasteiger partial charge in [-0.25, -0.2) is 0 Å². The monoisotopic (exact) mass is 271 g/mol. The molecular formula is C17H21NO2. The second-order valence-electron chi connectivity index (χ2n) is 4.73. The number of nitrogens with zero attached hydrogens (tertiary/aromatic N) is 1. The average molecular weight is 271 g/mol. The van der Waals surface area contributed by atoms with Crippen molar-refractivity contribution in [3.8, 4) is 0 Å². The largest absolute Gasteiger partial charge is 0.396 e. The van der Waals surface area contributed by atoms with Crippen LogP contribution in [0.25, 0.3) is 0 Å². The molecule has 0 aliphatic heterocycles. The van der Waals surface area contributed by atoms with E-state index in [1.807, 2.05) is 42.5 Å². The van der Waals surface area contributed by atoms with Crippen LogP contribution in [-0.2, 0) is 13.0 Å². The number of benzene rings is 2. The van der Waals surface area contributed by atoms with E-state index in [-0.39, 0.29) is 13.2 Å². The van der Waals surface area contributed by atoms with Crippen molar-refractivity contribution in [1.29, 1.82) is 0 Å². The minimum Gasteiger partial charge on any atom is -0.396 e. The van der Waals surface area contributed by atoms with E-state index < -0.39 is 0 Å². The molecule has 2 rings (SSSR count). The molecule has 2 aromatic rings. The second kappa shape index (κ2) is 7.68. The molecule has 0 unspecified atom stereocenters. The van der Waals surface area contributed by atoms with Gasteiger partial charge < -0.3 is 15.1 Å². The van der Waals surface area contributed by atoms with Crippen LogP contribution >= 0.6 is 0 Å². The van der Waals surface area contributed by atoms with Crippen molar-refractivity contribution in [3.63, 3.8) is 0 Å². The summed E-state index contributed by atoms with van der Waals surface area (Å²) in [6, 6.07) is 18.3. The minimum atomic E-state index is 0.111. The van der Waals surface area contributed by atoms with Gasteiger partial charge in [0.15, 0.2) is 0 Å². The number of rotatable bonds is 7. The van der Waals surface area contributed by atoms with Crippen molar-refractivity contribution in [2.24, 2.45) is 0 Å². The van der Waals surface area contributed by atoms with E-state index in [0.29, 0.717) is 13.0 Å². The Labute approximate surface area is 120 Å². The second-order valence-corrected chi connectivity index (χ2v) is 4.73. The molecule has 0 saturated heterocycles. The fourth-order valence-electron chi connectivity index (χ4n) is 2.36. The zero-order valence-corrected chi connectivity index (χ0v) is 11.6. The quantitative estimate of drug-likeness (QED) is 0.811. The lowest BCUT2D eigenvalue weighted by molar-refractivity contribution is 0.298. The number of aliphatic hydroxyl groups is 2. The molecule has 0 aliphatic carbocycles. The van der Waals surface area contributed by atoms with Gasteiger partial charge in [0.25, 0.3) is 0 Å². The molecule has 3 nitrogen and oxygen atoms in total. The van der Waals surface area contributed by atoms with Gasteiger partial charge in [0.2, 0.25) is 0 Å². The van der Waals surface area contributed by atoms with Crippen LogP contribution in [0.15, 0.2) is 54.6 Å². The van der Waals surface area contributed by atoms with Crippen LogP contribution in [-0.4, -0.2) is 30.0 Å². The van der Waals surface area contributed by atoms with Crippen LogP contribution < -0.4 is 4.90 Å². The maximum Gasteiger partial charge on any atom is 0.0606 e. The SMILES string of the molecule is OCCc1ccccc1N(CCO)Cc1ccccc1. The summed E-state index contributed by atoms with van der Waals surface area (Å²) < 4.78 is 0. The molecule has 106 valence electrons. The maximum absolute atomic E-state index is 9.31. The fourth-order valence-corrected chi connectivity index (χ4v) is 2.36. The van der Waals surface area contributed by atoms with Crippen molar-refractivity contribution in [2.75, 3.05) is 24.7 Å². The van der Waals surface area contributed by atoms with Crippen LogP contribution in [0.4, 0.5) is 5.69 Å². The van der Waals surface area contributed by atoms with E-state index in [4.69, 9.17) is 0 Å². The van der Waals surface area contributed by atoms with E-state index in [1.165, 1.54) is 5.56 Å². The minimum absolute atomic E-state index is 0.111. The predicted octanol–water partition coefficient (Wildman–Crippen LogP) is 2.22. The molecule has 0 aromatic heterocycles. The number of para-hydroxylation sites is 1. The number of hydrogen-bond donors (Lipinski definition) is 2. The molecular weight excluding hydrogens is 250 g/mol. The lowest BCUT2D eigenvalue weighted by Crippen LogP contribution is -2.27. The number of anilines is 1. The summed E-state index contributed by atoms with van der Waals surface area (Å²) in [4.78, 5) is 2.15. The van der Waals surface area contributed by atoms with Gasteiger partial charge in [0.05, 0.1) is 6.61 Å². The Morgan fingerprint density at radius 3 is 2.20 bits per heavy atom. The van der Waals surface area contributed by atoms with Gasteiger partial charge in [-0.3, -0.25) is 0 Å². The van der Waals surface area contributed by atoms with Gasteiger partial charge in [-0.1, -0.05) is 48.5 Å². The van der Waals surface area contributed by atoms with Gasteiger partial charge in [-0.05, 0) is 23.6 Å². The first-order valence-corrected chi connectivity index (χ1v) is 6.93. The third-order valence-electron chi connectivity index (χ3n) is 3.30. The first-order valence-electron chi connectivity index (χ1n) is 6.93. The summed E-state index contributed by atoms with van der Waals surface area (Å²) in [7, 11) is 0. The van der Waals surface area contributed by atoms with E-state index in [2.05, 4.69) is 17.0 Å². The van der Waals surface area contributed by atoms with Gasteiger partial charge in [-0.15, -0.1) is 0 Å². The number of aliphatic hydroxyl groups excluding tert-OH is 2. The molecule has 0 atom stereocenters. The number of hydrogen-bond acceptors (Lipinski definition) is 3. The first kappa shape index (κ1) is 14.6. The molecule has 2 aromatic carbocycles. The Bertz CT molecular complexity index is 513. The topological polar surface area (TPSA) is 43.7 Å². The summed E-state index contributed by atoms with van der Waals surface area (Å²) in [5.74, 6) is 0. The molecule has 0 bridgehead atoms. The third-order valence-corrected chi connectivity index (χ3v) is 3.30. The standard InChI is InChI=1S/C17H21NO2/c19-12-10-16-8-4-5-9-17(16)18(11-13-20)14-15-6-2-1-3-7-15/h1-9,19-20H,10-14H2. The highest BCUT2D eigenvalue weighted by Gasteiger charge is 2.10. The first-order chi connectivity index (χ1) is 9.85. The zero-order valence-electron chi connectivity index (χ0n) is 11.6. The summed E-state index contributed by atoms with van der Waals surface area (Å²) in [5, 5.41) is 18.5. The maximum atomic E-state index is 9.31. The predicted molar refractivity (Wildman–Crippen MR) is 81.8 cm³/mol. The van der Waals surface area contributed by atoms with E-state index in [1.54, 1.807) is 0 Å². The van der Waals surface area contributed by atoms with Crippen LogP contribution in [0.2, 0.25) is 0 Å². The van der Waals surface area contributed by atoms with E-state index in [9.17, 15) is 10.2 Å². The highest BCUT2D eigenvalue weighted by Crippen LogP contribution is 2.22. The van der Waals surface area contributed by atoms with E-state index >= 15 is 0 Å². The fraction of sp³-hybridized carbons (Fsp3) is 0.294. The Morgan fingerprint density at radius 1 is 0.800 bits per heavy atom. The summed E-state index contributed by atoms with van der Waals surface area (Å²) in [6.45, 7) is 1.58. The average Bonchev–Trinajstić information content (AvgIpc) is 2.49. The molecule has 0 aliphatic rings. The Balaban J connectivity index is 2.24. The van der Waals surface area contributed by atoms with Crippen LogP contribution in [0.3, 0.4) is 0 Å². The molecule has 0 heterocycles. The van der Waals surface area contributed by atoms with Gasteiger partial charge in [-0.2, -0.15) is 0 Å². The molecule has 0 amide bonds. The molecule has 20 heavy (non-hydrogen) atoms. The zero-order chi connectivity index (χ0) is 14.2. The highest BCUT2D eigenvalue weighted by atomic mass is 16.3. The summed E-state index contributed by atoms with van der Waals surface area (Å²) in [6.07, 6.45) is 0.632. The lowest BCUT2D eigenvalue weighted by atomic mass is 10.1. The molecule has 0 spiro atoms. The third kappa shape index (κ3) is 3.83. The Kier molecular flexibility index (Phi) is 5.59. The molecule has 0 saturated carbocycles. The van der Waals surface area contributed by atoms with Crippen molar-refractivity contribution >= 4 is 5.69 Å². The van der Waals surface area contributed by atoms with E-state index in [0.717, 1.165) is 17.8 Å². The Morgan fingerprint density at radius 2 is 1.50 bits per heavy atom. The molecule has 0 fully saturated rings. The lowest BCUT2D eigenvalue weighted by Gasteiger charge is -2.26. The van der Waals surface area contributed by atoms with Gasteiger partial charge in [0, 0.05) is 25.4 Å². The van der Waals surface area contributed by atoms with Crippen molar-refractivity contribution in [1.82, 2.24) is 0 Å². The van der Waals surface area contributed by atoms with Crippen molar-refractivity contribution in [2.45, 2.75) is 13.0 Å². The normalized spacial score (nSPS) is 10.5. The molecule has 3 heteroatoms. The molecule has 0 radical (unpaired) electrons. The van der Waals surface area contributed by atoms with Gasteiger partial charge in [0.1, 0.15) is 0 Å². The summed E-state index contributed by atoms with van der Waals surface area (Å²) in [5.41, 5.74) is 3.40. The smallest absolute Gasteiger partial charge is 0.0606 e. The van der Waals surface area contributed by atoms with Crippen LogP contribution in [0.5, 0.6) is 0 Å². The van der Waals surface area contributed by atoms with Crippen LogP contribution in [0, 0.1) is 0 Å². The van der Waals surface area contributed by atoms with Crippen molar-refractivity contribution < 1.29 is 10.2 Å². The molecule has 2 N–H and O–H groups in total. The highest BCUT2D eigenvalue weighted by molar-refractivity contribution is 5.54. The van der Waals surface area contributed by atoms with Crippen LogP contribution in [0.1, 0.15) is 11.1 Å². The Hall–Kier alpha value is -1.84. The summed E-state index contributed by atoms with van der Waals surface area (Å²) >= 11 is 0. The van der Waals surface area contributed by atoms with Crippen molar-refractivity contribution in [3.05, 3.63) is 65.7 Å². The van der Waals surface area contributed by atoms with Gasteiger partial charge >= 0.3 is 0 Å².